The summed E-state index contributed by atoms with van der Waals surface area (Å²) in [7, 11) is 0. The molecular weight excluding hydrogens is 194 g/mol. The van der Waals surface area contributed by atoms with Crippen molar-refractivity contribution in [3.8, 4) is 11.5 Å². The van der Waals surface area contributed by atoms with E-state index < -0.39 is 0 Å². The van der Waals surface area contributed by atoms with Crippen LogP contribution in [0.4, 0.5) is 0 Å². The maximum atomic E-state index is 11.6. The molecule has 3 N–H and O–H groups in total. The molecule has 0 spiro atoms. The second-order valence-corrected chi connectivity index (χ2v) is 4.41. The third-order valence-electron chi connectivity index (χ3n) is 1.73. The van der Waals surface area contributed by atoms with E-state index in [1.807, 2.05) is 20.8 Å². The van der Waals surface area contributed by atoms with E-state index in [4.69, 9.17) is 5.11 Å². The Morgan fingerprint density at radius 1 is 1.20 bits per heavy atom. The highest BCUT2D eigenvalue weighted by atomic mass is 16.3. The predicted octanol–water partition coefficient (Wildman–Crippen LogP) is 1.63. The van der Waals surface area contributed by atoms with Gasteiger partial charge in [-0.25, -0.2) is 0 Å². The third-order valence-corrected chi connectivity index (χ3v) is 1.73. The van der Waals surface area contributed by atoms with Crippen molar-refractivity contribution in [3.05, 3.63) is 23.8 Å². The van der Waals surface area contributed by atoms with Gasteiger partial charge in [0.1, 0.15) is 0 Å². The van der Waals surface area contributed by atoms with Crippen molar-refractivity contribution in [3.63, 3.8) is 0 Å². The molecule has 4 heteroatoms. The molecule has 1 aromatic carbocycles. The van der Waals surface area contributed by atoms with Crippen molar-refractivity contribution in [1.82, 2.24) is 5.32 Å². The summed E-state index contributed by atoms with van der Waals surface area (Å²) in [5.74, 6) is -0.809. The number of rotatable bonds is 1. The monoisotopic (exact) mass is 209 g/mol. The lowest BCUT2D eigenvalue weighted by Crippen LogP contribution is -2.40. The van der Waals surface area contributed by atoms with E-state index in [0.29, 0.717) is 5.56 Å². The van der Waals surface area contributed by atoms with E-state index in [1.165, 1.54) is 18.2 Å². The molecule has 0 heterocycles. The molecule has 0 atom stereocenters. The van der Waals surface area contributed by atoms with E-state index >= 15 is 0 Å². The smallest absolute Gasteiger partial charge is 0.251 e. The van der Waals surface area contributed by atoms with Gasteiger partial charge in [0, 0.05) is 11.1 Å². The van der Waals surface area contributed by atoms with Gasteiger partial charge in [0.15, 0.2) is 11.5 Å². The summed E-state index contributed by atoms with van der Waals surface area (Å²) >= 11 is 0. The number of aromatic hydroxyl groups is 2. The molecule has 1 amide bonds. The first kappa shape index (κ1) is 11.4. The third kappa shape index (κ3) is 3.16. The van der Waals surface area contributed by atoms with Gasteiger partial charge in [-0.2, -0.15) is 0 Å². The molecule has 0 radical (unpaired) electrons. The molecule has 4 nitrogen and oxygen atoms in total. The van der Waals surface area contributed by atoms with Gasteiger partial charge in [-0.15, -0.1) is 0 Å². The summed E-state index contributed by atoms with van der Waals surface area (Å²) < 4.78 is 0. The van der Waals surface area contributed by atoms with Crippen LogP contribution in [-0.2, 0) is 0 Å². The highest BCUT2D eigenvalue weighted by Gasteiger charge is 2.16. The highest BCUT2D eigenvalue weighted by Crippen LogP contribution is 2.24. The normalized spacial score (nSPS) is 11.1. The van der Waals surface area contributed by atoms with Crippen LogP contribution < -0.4 is 5.32 Å². The Balaban J connectivity index is 2.88. The fourth-order valence-electron chi connectivity index (χ4n) is 1.08. The zero-order valence-electron chi connectivity index (χ0n) is 9.03. The molecule has 0 fully saturated rings. The van der Waals surface area contributed by atoms with Gasteiger partial charge in [0.2, 0.25) is 0 Å². The molecule has 0 saturated carbocycles. The number of hydrogen-bond acceptors (Lipinski definition) is 3. The number of hydrogen-bond donors (Lipinski definition) is 3. The van der Waals surface area contributed by atoms with E-state index in [1.54, 1.807) is 0 Å². The van der Waals surface area contributed by atoms with Gasteiger partial charge in [0.25, 0.3) is 5.91 Å². The van der Waals surface area contributed by atoms with Crippen molar-refractivity contribution in [2.24, 2.45) is 0 Å². The molecule has 1 aromatic rings. The Morgan fingerprint density at radius 3 is 2.27 bits per heavy atom. The first-order valence-electron chi connectivity index (χ1n) is 4.64. The lowest BCUT2D eigenvalue weighted by Gasteiger charge is -2.20. The van der Waals surface area contributed by atoms with Crippen molar-refractivity contribution in [2.75, 3.05) is 0 Å². The largest absolute Gasteiger partial charge is 0.504 e. The number of carbonyl (C=O) groups excluding carboxylic acids is 1. The molecule has 0 aliphatic rings. The molecule has 0 aliphatic heterocycles. The molecule has 15 heavy (non-hydrogen) atoms. The van der Waals surface area contributed by atoms with Crippen molar-refractivity contribution < 1.29 is 15.0 Å². The van der Waals surface area contributed by atoms with Crippen LogP contribution >= 0.6 is 0 Å². The van der Waals surface area contributed by atoms with Crippen molar-refractivity contribution in [1.29, 1.82) is 0 Å². The zero-order valence-corrected chi connectivity index (χ0v) is 9.03. The zero-order chi connectivity index (χ0) is 11.6. The Morgan fingerprint density at radius 2 is 1.80 bits per heavy atom. The van der Waals surface area contributed by atoms with E-state index in [9.17, 15) is 9.90 Å². The van der Waals surface area contributed by atoms with Crippen LogP contribution in [0.3, 0.4) is 0 Å². The molecule has 0 aromatic heterocycles. The average Bonchev–Trinajstić information content (AvgIpc) is 2.06. The highest BCUT2D eigenvalue weighted by molar-refractivity contribution is 5.95. The maximum Gasteiger partial charge on any atom is 0.251 e. The summed E-state index contributed by atoms with van der Waals surface area (Å²) in [6.45, 7) is 5.60. The van der Waals surface area contributed by atoms with Crippen LogP contribution in [0, 0.1) is 0 Å². The van der Waals surface area contributed by atoms with Crippen LogP contribution in [-0.4, -0.2) is 21.7 Å². The van der Waals surface area contributed by atoms with Crippen molar-refractivity contribution >= 4 is 5.91 Å². The van der Waals surface area contributed by atoms with Crippen LogP contribution in [0.2, 0.25) is 0 Å². The van der Waals surface area contributed by atoms with Gasteiger partial charge >= 0.3 is 0 Å². The lowest BCUT2D eigenvalue weighted by molar-refractivity contribution is 0.0919. The molecule has 0 unspecified atom stereocenters. The Hall–Kier alpha value is -1.71. The molecule has 0 aliphatic carbocycles. The number of amides is 1. The minimum Gasteiger partial charge on any atom is -0.504 e. The first-order chi connectivity index (χ1) is 6.79. The summed E-state index contributed by atoms with van der Waals surface area (Å²) in [5, 5.41) is 21.0. The number of phenols is 2. The Bertz CT molecular complexity index is 380. The molecular formula is C11H15NO3. The maximum absolute atomic E-state index is 11.6. The van der Waals surface area contributed by atoms with Gasteiger partial charge in [0.05, 0.1) is 0 Å². The van der Waals surface area contributed by atoms with Gasteiger partial charge in [-0.05, 0) is 39.0 Å². The Labute approximate surface area is 88.6 Å². The second-order valence-electron chi connectivity index (χ2n) is 4.41. The van der Waals surface area contributed by atoms with Crippen LogP contribution in [0.5, 0.6) is 11.5 Å². The predicted molar refractivity (Wildman–Crippen MR) is 57.0 cm³/mol. The van der Waals surface area contributed by atoms with Crippen LogP contribution in [0.1, 0.15) is 31.1 Å². The number of benzene rings is 1. The van der Waals surface area contributed by atoms with E-state index in [0.717, 1.165) is 0 Å². The summed E-state index contributed by atoms with van der Waals surface area (Å²) in [5.41, 5.74) is -0.00913. The van der Waals surface area contributed by atoms with Crippen LogP contribution in [0.15, 0.2) is 18.2 Å². The molecule has 1 rings (SSSR count). The second kappa shape index (κ2) is 3.81. The first-order valence-corrected chi connectivity index (χ1v) is 4.64. The summed E-state index contributed by atoms with van der Waals surface area (Å²) in [6, 6.07) is 3.97. The minimum absolute atomic E-state index is 0.234. The number of nitrogens with one attached hydrogen (secondary N) is 1. The standard InChI is InChI=1S/C11H15NO3/c1-11(2,3)12-10(15)7-4-5-8(13)9(14)6-7/h4-6,13-14H,1-3H3,(H,12,15). The van der Waals surface area contributed by atoms with Gasteiger partial charge in [-0.1, -0.05) is 0 Å². The van der Waals surface area contributed by atoms with Gasteiger partial charge < -0.3 is 15.5 Å². The summed E-state index contributed by atoms with van der Waals surface area (Å²) in [4.78, 5) is 11.6. The van der Waals surface area contributed by atoms with E-state index in [-0.39, 0.29) is 22.9 Å². The summed E-state index contributed by atoms with van der Waals surface area (Å²) in [6.07, 6.45) is 0. The fourth-order valence-corrected chi connectivity index (χ4v) is 1.08. The number of carbonyl (C=O) groups is 1. The van der Waals surface area contributed by atoms with Gasteiger partial charge in [-0.3, -0.25) is 4.79 Å². The van der Waals surface area contributed by atoms with Crippen LogP contribution in [0.25, 0.3) is 0 Å². The number of phenolic OH excluding ortho intramolecular Hbond substituents is 2. The molecule has 0 saturated heterocycles. The fraction of sp³-hybridized carbons (Fsp3) is 0.364. The van der Waals surface area contributed by atoms with Crippen molar-refractivity contribution in [2.45, 2.75) is 26.3 Å². The minimum atomic E-state index is -0.329. The molecule has 82 valence electrons. The van der Waals surface area contributed by atoms with E-state index in [2.05, 4.69) is 5.32 Å². The topological polar surface area (TPSA) is 69.6 Å². The quantitative estimate of drug-likeness (QED) is 0.616. The average molecular weight is 209 g/mol. The Kier molecular flexibility index (Phi) is 2.88. The lowest BCUT2D eigenvalue weighted by atomic mass is 10.1. The SMILES string of the molecule is CC(C)(C)NC(=O)c1ccc(O)c(O)c1. The molecule has 0 bridgehead atoms.